The van der Waals surface area contributed by atoms with E-state index in [0.29, 0.717) is 61.5 Å². The maximum Gasteiger partial charge on any atom is 0.325 e. The number of rotatable bonds is 34. The summed E-state index contributed by atoms with van der Waals surface area (Å²) >= 11 is 0. The van der Waals surface area contributed by atoms with Gasteiger partial charge in [-0.2, -0.15) is 0 Å². The van der Waals surface area contributed by atoms with Crippen LogP contribution in [0.3, 0.4) is 0 Å². The molecule has 0 aromatic heterocycles. The van der Waals surface area contributed by atoms with Crippen molar-refractivity contribution in [2.45, 2.75) is 165 Å². The molecule has 0 bridgehead atoms. The van der Waals surface area contributed by atoms with Crippen LogP contribution in [0, 0.1) is 13.8 Å². The van der Waals surface area contributed by atoms with E-state index in [9.17, 15) is 17.5 Å². The summed E-state index contributed by atoms with van der Waals surface area (Å²) in [6, 6.07) is 27.1. The largest absolute Gasteiger partial charge is 0.494 e. The summed E-state index contributed by atoms with van der Waals surface area (Å²) < 4.78 is 64.2. The minimum atomic E-state index is -3.97. The van der Waals surface area contributed by atoms with Crippen molar-refractivity contribution in [1.82, 2.24) is 0 Å². The Morgan fingerprint density at radius 2 is 0.708 bits per heavy atom. The Hall–Kier alpha value is -3.27. The molecule has 0 heterocycles. The van der Waals surface area contributed by atoms with Crippen molar-refractivity contribution in [3.8, 4) is 11.5 Å². The molecular weight excluding hydrogens is 879 g/mol. The fourth-order valence-electron chi connectivity index (χ4n) is 8.11. The zero-order chi connectivity index (χ0) is 47.0. The Morgan fingerprint density at radius 1 is 0.415 bits per heavy atom. The number of hydrogen-bond acceptors (Lipinski definition) is 6. The van der Waals surface area contributed by atoms with E-state index >= 15 is 0 Å². The van der Waals surface area contributed by atoms with E-state index in [1.165, 1.54) is 0 Å². The van der Waals surface area contributed by atoms with Crippen LogP contribution in [0.4, 0.5) is 0 Å². The van der Waals surface area contributed by atoms with Crippen LogP contribution in [-0.2, 0) is 31.8 Å². The molecule has 4 aromatic rings. The average molecular weight is 955 g/mol. The molecule has 4 rings (SSSR count). The first-order valence-electron chi connectivity index (χ1n) is 24.1. The first kappa shape index (κ1) is 54.3. The predicted molar refractivity (Wildman–Crippen MR) is 263 cm³/mol. The fourth-order valence-corrected chi connectivity index (χ4v) is 11.1. The molecule has 65 heavy (non-hydrogen) atoms. The second kappa shape index (κ2) is 28.8. The average Bonchev–Trinajstić information content (AvgIpc) is 3.25. The van der Waals surface area contributed by atoms with Crippen molar-refractivity contribution >= 4 is 25.0 Å². The van der Waals surface area contributed by atoms with Gasteiger partial charge in [0.1, 0.15) is 11.5 Å². The summed E-state index contributed by atoms with van der Waals surface area (Å²) in [6.45, 7) is 5.17. The highest BCUT2D eigenvalue weighted by atomic mass is 32.2. The third kappa shape index (κ3) is 22.4. The van der Waals surface area contributed by atoms with Gasteiger partial charge in [0.05, 0.1) is 23.0 Å². The van der Waals surface area contributed by atoms with Gasteiger partial charge in [0.2, 0.25) is 9.84 Å². The predicted octanol–water partition coefficient (Wildman–Crippen LogP) is 13.2. The summed E-state index contributed by atoms with van der Waals surface area (Å²) in [6.07, 6.45) is 20.9. The van der Waals surface area contributed by atoms with Gasteiger partial charge in [0.15, 0.2) is 0 Å². The van der Waals surface area contributed by atoms with Crippen LogP contribution >= 0.6 is 15.2 Å². The Morgan fingerprint density at radius 3 is 1.02 bits per heavy atom. The minimum absolute atomic E-state index is 0.0172. The molecule has 0 fully saturated rings. The molecule has 0 aliphatic rings. The summed E-state index contributed by atoms with van der Waals surface area (Å²) in [4.78, 5) is 36.5. The van der Waals surface area contributed by atoms with Crippen LogP contribution in [-0.4, -0.2) is 53.5 Å². The first-order valence-corrected chi connectivity index (χ1v) is 29.1. The zero-order valence-electron chi connectivity index (χ0n) is 39.0. The topological polar surface area (TPSA) is 168 Å². The monoisotopic (exact) mass is 954 g/mol. The van der Waals surface area contributed by atoms with Gasteiger partial charge in [0, 0.05) is 12.3 Å². The molecule has 13 heteroatoms. The third-order valence-corrected chi connectivity index (χ3v) is 15.7. The summed E-state index contributed by atoms with van der Waals surface area (Å²) in [5, 5.41) is 0. The molecule has 360 valence electrons. The van der Waals surface area contributed by atoms with E-state index in [2.05, 4.69) is 0 Å². The van der Waals surface area contributed by atoms with Gasteiger partial charge in [-0.15, -0.1) is 0 Å². The van der Waals surface area contributed by atoms with Crippen LogP contribution in [0.25, 0.3) is 0 Å². The van der Waals surface area contributed by atoms with Gasteiger partial charge in [-0.1, -0.05) is 162 Å². The lowest BCUT2D eigenvalue weighted by molar-refractivity contribution is 0.303. The first-order chi connectivity index (χ1) is 31.1. The van der Waals surface area contributed by atoms with Crippen LogP contribution in [0.1, 0.15) is 162 Å². The minimum Gasteiger partial charge on any atom is -0.494 e. The van der Waals surface area contributed by atoms with Crippen molar-refractivity contribution in [3.05, 3.63) is 118 Å². The van der Waals surface area contributed by atoms with E-state index < -0.39 is 25.0 Å². The Kier molecular flexibility index (Phi) is 24.1. The molecule has 0 atom stereocenters. The van der Waals surface area contributed by atoms with Gasteiger partial charge in [0.25, 0.3) is 0 Å². The molecule has 4 N–H and O–H groups in total. The van der Waals surface area contributed by atoms with Crippen LogP contribution in [0.5, 0.6) is 11.5 Å². The highest BCUT2D eigenvalue weighted by Gasteiger charge is 2.26. The molecule has 0 amide bonds. The number of aryl methyl sites for hydroxylation is 2. The van der Waals surface area contributed by atoms with E-state index in [1.54, 1.807) is 24.3 Å². The number of hydrogen-bond donors (Lipinski definition) is 4. The lowest BCUT2D eigenvalue weighted by Gasteiger charge is -2.17. The fraction of sp³-hybridized carbons (Fsp3) is 0.538. The molecule has 0 saturated carbocycles. The lowest BCUT2D eigenvalue weighted by Crippen LogP contribution is -2.11. The summed E-state index contributed by atoms with van der Waals surface area (Å²) in [5.74, 6) is 1.31. The number of unbranched alkanes of at least 4 members (excludes halogenated alkanes) is 18. The maximum absolute atomic E-state index is 14.9. The van der Waals surface area contributed by atoms with Crippen molar-refractivity contribution in [2.24, 2.45) is 0 Å². The molecular formula is C52H76O10P2S. The smallest absolute Gasteiger partial charge is 0.325 e. The van der Waals surface area contributed by atoms with Crippen molar-refractivity contribution in [2.75, 3.05) is 25.5 Å². The van der Waals surface area contributed by atoms with Crippen LogP contribution in [0.15, 0.2) is 94.7 Å². The summed E-state index contributed by atoms with van der Waals surface area (Å²) in [7, 11) is -11.7. The highest BCUT2D eigenvalue weighted by Crippen LogP contribution is 2.37. The molecule has 10 nitrogen and oxygen atoms in total. The maximum atomic E-state index is 14.9. The molecule has 0 aliphatic heterocycles. The molecule has 0 saturated heterocycles. The standard InChI is InChI=1S/C52H76O10P2S/c1-43-23-27-45(28-24-43)39-47-41-49(61-35-19-15-11-7-3-5-9-13-17-21-37-63(53,54)55)31-33-51(47)65(59,60)52-34-32-50(42-48(52)40-46-29-25-44(2)26-30-46)62-36-20-16-12-8-4-6-10-14-18-22-38-64(56,57)58/h23-34,41-42H,3-22,35-40H2,1-2H3,(H2,53,54,55)(H2,56,57,58). The van der Waals surface area contributed by atoms with Gasteiger partial charge < -0.3 is 29.0 Å². The van der Waals surface area contributed by atoms with Gasteiger partial charge in [-0.25, -0.2) is 8.42 Å². The van der Waals surface area contributed by atoms with E-state index in [4.69, 9.17) is 29.0 Å². The van der Waals surface area contributed by atoms with Crippen molar-refractivity contribution in [1.29, 1.82) is 0 Å². The third-order valence-electron chi connectivity index (χ3n) is 11.9. The SMILES string of the molecule is Cc1ccc(Cc2cc(OCCCCCCCCCCCCP(=O)(O)O)ccc2S(=O)(=O)c2ccc(OCCCCCCCCCCCCP(=O)(O)O)cc2Cc2ccc(C)cc2)cc1. The number of benzene rings is 4. The Labute approximate surface area is 390 Å². The molecule has 0 aliphatic carbocycles. The van der Waals surface area contributed by atoms with E-state index in [0.717, 1.165) is 138 Å². The zero-order valence-corrected chi connectivity index (χ0v) is 41.6. The molecule has 4 aromatic carbocycles. The molecule has 0 spiro atoms. The number of sulfone groups is 1. The van der Waals surface area contributed by atoms with E-state index in [1.807, 2.05) is 74.5 Å². The van der Waals surface area contributed by atoms with Gasteiger partial charge in [-0.05, 0) is 111 Å². The van der Waals surface area contributed by atoms with E-state index in [-0.39, 0.29) is 22.1 Å². The number of ether oxygens (including phenoxy) is 2. The van der Waals surface area contributed by atoms with Crippen LogP contribution < -0.4 is 9.47 Å². The van der Waals surface area contributed by atoms with Crippen molar-refractivity contribution < 1.29 is 46.6 Å². The second-order valence-corrected chi connectivity index (χ2v) is 23.4. The second-order valence-electron chi connectivity index (χ2n) is 17.9. The molecule has 0 unspecified atom stereocenters. The van der Waals surface area contributed by atoms with Gasteiger partial charge >= 0.3 is 15.2 Å². The van der Waals surface area contributed by atoms with Gasteiger partial charge in [-0.3, -0.25) is 9.13 Å². The van der Waals surface area contributed by atoms with Crippen LogP contribution in [0.2, 0.25) is 0 Å². The highest BCUT2D eigenvalue weighted by molar-refractivity contribution is 7.91. The Bertz CT molecular complexity index is 2030. The molecule has 0 radical (unpaired) electrons. The normalized spacial score (nSPS) is 12.2. The Balaban J connectivity index is 1.36. The quantitative estimate of drug-likeness (QED) is 0.0261. The summed E-state index contributed by atoms with van der Waals surface area (Å²) in [5.41, 5.74) is 5.68. The van der Waals surface area contributed by atoms with Crippen molar-refractivity contribution in [3.63, 3.8) is 0 Å². The lowest BCUT2D eigenvalue weighted by atomic mass is 10.0.